The van der Waals surface area contributed by atoms with Crippen LogP contribution in [0.3, 0.4) is 0 Å². The van der Waals surface area contributed by atoms with Gasteiger partial charge in [0.15, 0.2) is 0 Å². The molecule has 0 saturated heterocycles. The molecule has 5 nitrogen and oxygen atoms in total. The van der Waals surface area contributed by atoms with Crippen molar-refractivity contribution in [2.75, 3.05) is 7.11 Å². The molecule has 3 saturated carbocycles. The van der Waals surface area contributed by atoms with E-state index in [1.807, 2.05) is 0 Å². The molecule has 25 heavy (non-hydrogen) atoms. The third-order valence-electron chi connectivity index (χ3n) is 7.42. The quantitative estimate of drug-likeness (QED) is 0.731. The van der Waals surface area contributed by atoms with Crippen LogP contribution in [0.5, 0.6) is 0 Å². The zero-order valence-corrected chi connectivity index (χ0v) is 15.7. The summed E-state index contributed by atoms with van der Waals surface area (Å²) in [5, 5.41) is 0. The van der Waals surface area contributed by atoms with E-state index in [-0.39, 0.29) is 47.0 Å². The first kappa shape index (κ1) is 18.4. The number of Topliss-reactive ketones (excluding diaryl/α,β-unsaturated/α-hetero) is 1. The maximum absolute atomic E-state index is 12.5. The van der Waals surface area contributed by atoms with Crippen LogP contribution in [0.1, 0.15) is 59.3 Å². The molecule has 7 atom stereocenters. The number of carbonyl (C=O) groups is 3. The van der Waals surface area contributed by atoms with E-state index in [1.165, 1.54) is 14.0 Å². The Labute approximate surface area is 149 Å². The van der Waals surface area contributed by atoms with Crippen LogP contribution in [0.4, 0.5) is 0 Å². The monoisotopic (exact) mass is 350 g/mol. The SMILES string of the molecule is COC(=O)C1C(C(C)=O)CCC2C1CCC1(C)C(OC(C)=O)CCC21. The Morgan fingerprint density at radius 1 is 0.960 bits per heavy atom. The van der Waals surface area contributed by atoms with Gasteiger partial charge in [-0.05, 0) is 63.2 Å². The highest BCUT2D eigenvalue weighted by molar-refractivity contribution is 5.85. The zero-order chi connectivity index (χ0) is 18.4. The molecule has 0 aromatic rings. The highest BCUT2D eigenvalue weighted by Crippen LogP contribution is 2.61. The molecule has 0 aliphatic heterocycles. The largest absolute Gasteiger partial charge is 0.469 e. The normalized spacial score (nSPS) is 42.9. The first-order valence-corrected chi connectivity index (χ1v) is 9.55. The van der Waals surface area contributed by atoms with Gasteiger partial charge in [0.05, 0.1) is 13.0 Å². The van der Waals surface area contributed by atoms with Crippen molar-refractivity contribution >= 4 is 17.7 Å². The molecular formula is C20H30O5. The summed E-state index contributed by atoms with van der Waals surface area (Å²) in [6.07, 6.45) is 5.51. The fourth-order valence-electron chi connectivity index (χ4n) is 6.31. The van der Waals surface area contributed by atoms with Crippen LogP contribution >= 0.6 is 0 Å². The third kappa shape index (κ3) is 3.00. The van der Waals surface area contributed by atoms with Crippen LogP contribution in [-0.4, -0.2) is 30.9 Å². The molecule has 140 valence electrons. The standard InChI is InChI=1S/C20H30O5/c1-11(21)13-5-6-14-15(18(13)19(23)24-4)9-10-20(3)16(14)7-8-17(20)25-12(2)22/h13-18H,5-10H2,1-4H3. The van der Waals surface area contributed by atoms with Crippen molar-refractivity contribution in [1.82, 2.24) is 0 Å². The number of hydrogen-bond acceptors (Lipinski definition) is 5. The second-order valence-electron chi connectivity index (χ2n) is 8.50. The topological polar surface area (TPSA) is 69.7 Å². The molecule has 5 heteroatoms. The van der Waals surface area contributed by atoms with Gasteiger partial charge in [-0.3, -0.25) is 14.4 Å². The van der Waals surface area contributed by atoms with Gasteiger partial charge in [0, 0.05) is 18.3 Å². The Morgan fingerprint density at radius 3 is 2.28 bits per heavy atom. The van der Waals surface area contributed by atoms with Crippen LogP contribution in [0.2, 0.25) is 0 Å². The summed E-state index contributed by atoms with van der Waals surface area (Å²) < 4.78 is 10.7. The molecule has 0 heterocycles. The van der Waals surface area contributed by atoms with E-state index >= 15 is 0 Å². The summed E-state index contributed by atoms with van der Waals surface area (Å²) in [6.45, 7) is 5.33. The molecule has 0 radical (unpaired) electrons. The summed E-state index contributed by atoms with van der Waals surface area (Å²) in [4.78, 5) is 36.1. The Kier molecular flexibility index (Phi) is 4.95. The van der Waals surface area contributed by atoms with Crippen LogP contribution in [-0.2, 0) is 23.9 Å². The molecule has 3 fully saturated rings. The van der Waals surface area contributed by atoms with E-state index in [4.69, 9.17) is 9.47 Å². The number of carbonyl (C=O) groups excluding carboxylic acids is 3. The Morgan fingerprint density at radius 2 is 1.68 bits per heavy atom. The van der Waals surface area contributed by atoms with Crippen LogP contribution in [0.15, 0.2) is 0 Å². The first-order chi connectivity index (χ1) is 11.8. The lowest BCUT2D eigenvalue weighted by atomic mass is 9.52. The van der Waals surface area contributed by atoms with E-state index in [0.717, 1.165) is 38.5 Å². The number of ether oxygens (including phenoxy) is 2. The van der Waals surface area contributed by atoms with Gasteiger partial charge in [-0.1, -0.05) is 6.92 Å². The number of rotatable bonds is 3. The van der Waals surface area contributed by atoms with Crippen LogP contribution in [0, 0.1) is 35.0 Å². The van der Waals surface area contributed by atoms with Crippen molar-refractivity contribution in [2.45, 2.75) is 65.4 Å². The fourth-order valence-corrected chi connectivity index (χ4v) is 6.31. The van der Waals surface area contributed by atoms with Gasteiger partial charge in [-0.15, -0.1) is 0 Å². The Bertz CT molecular complexity index is 570. The Hall–Kier alpha value is -1.39. The van der Waals surface area contributed by atoms with Gasteiger partial charge < -0.3 is 9.47 Å². The minimum absolute atomic E-state index is 0.00341. The van der Waals surface area contributed by atoms with E-state index in [1.54, 1.807) is 6.92 Å². The molecule has 3 rings (SSSR count). The molecule has 7 unspecified atom stereocenters. The zero-order valence-electron chi connectivity index (χ0n) is 15.7. The maximum Gasteiger partial charge on any atom is 0.309 e. The molecular weight excluding hydrogens is 320 g/mol. The lowest BCUT2D eigenvalue weighted by Gasteiger charge is -2.53. The highest BCUT2D eigenvalue weighted by atomic mass is 16.5. The van der Waals surface area contributed by atoms with Gasteiger partial charge in [-0.2, -0.15) is 0 Å². The predicted molar refractivity (Wildman–Crippen MR) is 91.5 cm³/mol. The number of fused-ring (bicyclic) bond motifs is 3. The highest BCUT2D eigenvalue weighted by Gasteiger charge is 2.59. The van der Waals surface area contributed by atoms with Crippen LogP contribution < -0.4 is 0 Å². The molecule has 3 aliphatic carbocycles. The van der Waals surface area contributed by atoms with E-state index in [9.17, 15) is 14.4 Å². The van der Waals surface area contributed by atoms with Crippen molar-refractivity contribution in [1.29, 1.82) is 0 Å². The molecule has 0 spiro atoms. The molecule has 0 amide bonds. The minimum Gasteiger partial charge on any atom is -0.469 e. The lowest BCUT2D eigenvalue weighted by Crippen LogP contribution is -2.51. The van der Waals surface area contributed by atoms with Gasteiger partial charge in [0.2, 0.25) is 0 Å². The Balaban J connectivity index is 1.86. The average Bonchev–Trinajstić information content (AvgIpc) is 2.89. The van der Waals surface area contributed by atoms with Crippen molar-refractivity contribution in [3.8, 4) is 0 Å². The average molecular weight is 350 g/mol. The van der Waals surface area contributed by atoms with Gasteiger partial charge in [0.25, 0.3) is 0 Å². The number of hydrogen-bond donors (Lipinski definition) is 0. The minimum atomic E-state index is -0.307. The summed E-state index contributed by atoms with van der Waals surface area (Å²) in [6, 6.07) is 0. The third-order valence-corrected chi connectivity index (χ3v) is 7.42. The molecule has 0 aromatic carbocycles. The fraction of sp³-hybridized carbons (Fsp3) is 0.850. The number of esters is 2. The van der Waals surface area contributed by atoms with E-state index in [2.05, 4.69) is 6.92 Å². The number of ketones is 1. The van der Waals surface area contributed by atoms with E-state index in [0.29, 0.717) is 11.8 Å². The first-order valence-electron chi connectivity index (χ1n) is 9.55. The van der Waals surface area contributed by atoms with Crippen molar-refractivity contribution in [2.24, 2.45) is 35.0 Å². The lowest BCUT2D eigenvalue weighted by molar-refractivity contribution is -0.165. The second kappa shape index (κ2) is 6.73. The molecule has 0 aromatic heterocycles. The van der Waals surface area contributed by atoms with Crippen molar-refractivity contribution in [3.05, 3.63) is 0 Å². The molecule has 0 N–H and O–H groups in total. The van der Waals surface area contributed by atoms with Crippen LogP contribution in [0.25, 0.3) is 0 Å². The van der Waals surface area contributed by atoms with Gasteiger partial charge in [-0.25, -0.2) is 0 Å². The summed E-state index contributed by atoms with van der Waals surface area (Å²) in [5.74, 6) is 0.238. The number of methoxy groups -OCH3 is 1. The van der Waals surface area contributed by atoms with Crippen molar-refractivity contribution in [3.63, 3.8) is 0 Å². The van der Waals surface area contributed by atoms with Crippen molar-refractivity contribution < 1.29 is 23.9 Å². The molecule has 0 bridgehead atoms. The summed E-state index contributed by atoms with van der Waals surface area (Å²) >= 11 is 0. The maximum atomic E-state index is 12.5. The smallest absolute Gasteiger partial charge is 0.309 e. The van der Waals surface area contributed by atoms with E-state index < -0.39 is 0 Å². The van der Waals surface area contributed by atoms with Gasteiger partial charge in [0.1, 0.15) is 11.9 Å². The summed E-state index contributed by atoms with van der Waals surface area (Å²) in [5.41, 5.74) is -0.00341. The summed E-state index contributed by atoms with van der Waals surface area (Å²) in [7, 11) is 1.42. The second-order valence-corrected chi connectivity index (χ2v) is 8.50. The predicted octanol–water partition coefficient (Wildman–Crippen LogP) is 3.15. The van der Waals surface area contributed by atoms with Gasteiger partial charge >= 0.3 is 11.9 Å². The molecule has 3 aliphatic rings.